The summed E-state index contributed by atoms with van der Waals surface area (Å²) in [6.45, 7) is 6.48. The summed E-state index contributed by atoms with van der Waals surface area (Å²) >= 11 is 0. The number of carbonyl (C=O) groups excluding carboxylic acids is 1. The number of carbonyl (C=O) groups is 1. The summed E-state index contributed by atoms with van der Waals surface area (Å²) in [6.07, 6.45) is 3.40. The van der Waals surface area contributed by atoms with E-state index >= 15 is 0 Å². The summed E-state index contributed by atoms with van der Waals surface area (Å²) in [5.74, 6) is 1.44. The average molecular weight is 326 g/mol. The number of nitrogens with one attached hydrogen (secondary N) is 1. The number of amides is 1. The van der Waals surface area contributed by atoms with Crippen LogP contribution >= 0.6 is 0 Å². The van der Waals surface area contributed by atoms with Crippen LogP contribution in [0.25, 0.3) is 11.4 Å². The van der Waals surface area contributed by atoms with E-state index in [4.69, 9.17) is 4.52 Å². The number of hydrogen-bond acceptors (Lipinski definition) is 5. The minimum atomic E-state index is 0.0868. The molecule has 0 unspecified atom stereocenters. The molecule has 1 aliphatic rings. The second kappa shape index (κ2) is 7.88. The number of nitrogens with zero attached hydrogens (tertiary/aromatic N) is 3. The van der Waals surface area contributed by atoms with Crippen molar-refractivity contribution in [3.05, 3.63) is 48.9 Å². The van der Waals surface area contributed by atoms with Gasteiger partial charge in [0, 0.05) is 18.0 Å². The zero-order valence-corrected chi connectivity index (χ0v) is 13.6. The van der Waals surface area contributed by atoms with Gasteiger partial charge >= 0.3 is 0 Å². The van der Waals surface area contributed by atoms with Gasteiger partial charge in [-0.25, -0.2) is 0 Å². The smallest absolute Gasteiger partial charge is 0.241 e. The SMILES string of the molecule is C=CCNC(=O)C1CCN(Cc2nc(-c3ccccc3)no2)CC1. The van der Waals surface area contributed by atoms with Crippen LogP contribution in [-0.4, -0.2) is 40.6 Å². The zero-order valence-electron chi connectivity index (χ0n) is 13.6. The molecule has 2 heterocycles. The molecule has 1 saturated heterocycles. The number of aromatic nitrogens is 2. The molecule has 6 nitrogen and oxygen atoms in total. The van der Waals surface area contributed by atoms with Crippen molar-refractivity contribution in [2.45, 2.75) is 19.4 Å². The van der Waals surface area contributed by atoms with Crippen LogP contribution in [0, 0.1) is 5.92 Å². The summed E-state index contributed by atoms with van der Waals surface area (Å²) < 4.78 is 5.36. The van der Waals surface area contributed by atoms with Crippen LogP contribution in [-0.2, 0) is 11.3 Å². The number of benzene rings is 1. The Hall–Kier alpha value is -2.47. The van der Waals surface area contributed by atoms with Gasteiger partial charge in [-0.15, -0.1) is 6.58 Å². The Labute approximate surface area is 141 Å². The van der Waals surface area contributed by atoms with Gasteiger partial charge in [0.2, 0.25) is 17.6 Å². The predicted molar refractivity (Wildman–Crippen MR) is 90.9 cm³/mol. The van der Waals surface area contributed by atoms with Crippen LogP contribution < -0.4 is 5.32 Å². The molecule has 0 spiro atoms. The minimum Gasteiger partial charge on any atom is -0.352 e. The van der Waals surface area contributed by atoms with Gasteiger partial charge in [0.1, 0.15) is 0 Å². The molecular formula is C18H22N4O2. The van der Waals surface area contributed by atoms with E-state index < -0.39 is 0 Å². The number of piperidine rings is 1. The van der Waals surface area contributed by atoms with Gasteiger partial charge in [-0.2, -0.15) is 4.98 Å². The van der Waals surface area contributed by atoms with Crippen LogP contribution in [0.5, 0.6) is 0 Å². The van der Waals surface area contributed by atoms with Crippen molar-refractivity contribution in [3.63, 3.8) is 0 Å². The summed E-state index contributed by atoms with van der Waals surface area (Å²) in [6, 6.07) is 9.78. The Morgan fingerprint density at radius 1 is 1.33 bits per heavy atom. The van der Waals surface area contributed by atoms with Gasteiger partial charge in [0.25, 0.3) is 0 Å². The lowest BCUT2D eigenvalue weighted by atomic mass is 9.96. The lowest BCUT2D eigenvalue weighted by Gasteiger charge is -2.30. The molecule has 6 heteroatoms. The highest BCUT2D eigenvalue weighted by Crippen LogP contribution is 2.20. The average Bonchev–Trinajstić information content (AvgIpc) is 3.09. The normalized spacial score (nSPS) is 16.0. The molecule has 0 bridgehead atoms. The molecule has 0 radical (unpaired) electrons. The van der Waals surface area contributed by atoms with E-state index in [2.05, 4.69) is 26.9 Å². The molecule has 1 N–H and O–H groups in total. The molecule has 1 aliphatic heterocycles. The maximum absolute atomic E-state index is 12.0. The van der Waals surface area contributed by atoms with Crippen LogP contribution in [0.4, 0.5) is 0 Å². The van der Waals surface area contributed by atoms with Crippen molar-refractivity contribution < 1.29 is 9.32 Å². The topological polar surface area (TPSA) is 71.3 Å². The van der Waals surface area contributed by atoms with E-state index in [9.17, 15) is 4.79 Å². The quantitative estimate of drug-likeness (QED) is 0.825. The molecular weight excluding hydrogens is 304 g/mol. The van der Waals surface area contributed by atoms with Gasteiger partial charge in [-0.1, -0.05) is 41.6 Å². The fourth-order valence-electron chi connectivity index (χ4n) is 2.89. The van der Waals surface area contributed by atoms with Gasteiger partial charge in [0.05, 0.1) is 6.54 Å². The lowest BCUT2D eigenvalue weighted by molar-refractivity contribution is -0.126. The van der Waals surface area contributed by atoms with Gasteiger partial charge in [-0.05, 0) is 25.9 Å². The Balaban J connectivity index is 1.51. The Bertz CT molecular complexity index is 675. The fourth-order valence-corrected chi connectivity index (χ4v) is 2.89. The third-order valence-electron chi connectivity index (χ3n) is 4.24. The summed E-state index contributed by atoms with van der Waals surface area (Å²) in [4.78, 5) is 18.7. The Kier molecular flexibility index (Phi) is 5.38. The molecule has 2 aromatic rings. The molecule has 3 rings (SSSR count). The van der Waals surface area contributed by atoms with Gasteiger partial charge < -0.3 is 9.84 Å². The first kappa shape index (κ1) is 16.4. The third-order valence-corrected chi connectivity index (χ3v) is 4.24. The van der Waals surface area contributed by atoms with Crippen molar-refractivity contribution >= 4 is 5.91 Å². The van der Waals surface area contributed by atoms with E-state index in [1.165, 1.54) is 0 Å². The molecule has 126 valence electrons. The third kappa shape index (κ3) is 4.08. The highest BCUT2D eigenvalue weighted by molar-refractivity contribution is 5.78. The number of likely N-dealkylation sites (tertiary alicyclic amines) is 1. The lowest BCUT2D eigenvalue weighted by Crippen LogP contribution is -2.40. The van der Waals surface area contributed by atoms with Crippen molar-refractivity contribution in [3.8, 4) is 11.4 Å². The van der Waals surface area contributed by atoms with Gasteiger partial charge in [-0.3, -0.25) is 9.69 Å². The molecule has 0 atom stereocenters. The van der Waals surface area contributed by atoms with E-state index in [1.807, 2.05) is 30.3 Å². The second-order valence-corrected chi connectivity index (χ2v) is 5.96. The fraction of sp³-hybridized carbons (Fsp3) is 0.389. The van der Waals surface area contributed by atoms with Crippen LogP contribution in [0.1, 0.15) is 18.7 Å². The molecule has 1 aromatic heterocycles. The summed E-state index contributed by atoms with van der Waals surface area (Å²) in [7, 11) is 0. The number of rotatable bonds is 6. The molecule has 1 amide bonds. The molecule has 1 fully saturated rings. The molecule has 24 heavy (non-hydrogen) atoms. The first-order valence-electron chi connectivity index (χ1n) is 8.25. The van der Waals surface area contributed by atoms with Crippen LogP contribution in [0.15, 0.2) is 47.5 Å². The highest BCUT2D eigenvalue weighted by Gasteiger charge is 2.25. The Morgan fingerprint density at radius 2 is 2.08 bits per heavy atom. The molecule has 0 saturated carbocycles. The predicted octanol–water partition coefficient (Wildman–Crippen LogP) is 2.25. The van der Waals surface area contributed by atoms with Crippen molar-refractivity contribution in [1.29, 1.82) is 0 Å². The van der Waals surface area contributed by atoms with Crippen molar-refractivity contribution in [2.24, 2.45) is 5.92 Å². The summed E-state index contributed by atoms with van der Waals surface area (Å²) in [5.41, 5.74) is 0.949. The highest BCUT2D eigenvalue weighted by atomic mass is 16.5. The van der Waals surface area contributed by atoms with Crippen molar-refractivity contribution in [2.75, 3.05) is 19.6 Å². The van der Waals surface area contributed by atoms with E-state index in [1.54, 1.807) is 6.08 Å². The van der Waals surface area contributed by atoms with Gasteiger partial charge in [0.15, 0.2) is 0 Å². The molecule has 0 aliphatic carbocycles. The number of hydrogen-bond donors (Lipinski definition) is 1. The first-order valence-corrected chi connectivity index (χ1v) is 8.25. The minimum absolute atomic E-state index is 0.0868. The maximum atomic E-state index is 12.0. The summed E-state index contributed by atoms with van der Waals surface area (Å²) in [5, 5.41) is 6.91. The monoisotopic (exact) mass is 326 g/mol. The Morgan fingerprint density at radius 3 is 2.79 bits per heavy atom. The van der Waals surface area contributed by atoms with Crippen LogP contribution in [0.2, 0.25) is 0 Å². The first-order chi connectivity index (χ1) is 11.8. The second-order valence-electron chi connectivity index (χ2n) is 5.96. The van der Waals surface area contributed by atoms with E-state index in [-0.39, 0.29) is 11.8 Å². The van der Waals surface area contributed by atoms with Crippen LogP contribution in [0.3, 0.4) is 0 Å². The van der Waals surface area contributed by atoms with Crippen molar-refractivity contribution in [1.82, 2.24) is 20.4 Å². The van der Waals surface area contributed by atoms with E-state index in [0.29, 0.717) is 24.8 Å². The maximum Gasteiger partial charge on any atom is 0.241 e. The zero-order chi connectivity index (χ0) is 16.8. The standard InChI is InChI=1S/C18H22N4O2/c1-2-10-19-18(23)15-8-11-22(12-9-15)13-16-20-17(21-24-16)14-6-4-3-5-7-14/h2-7,15H,1,8-13H2,(H,19,23). The molecule has 1 aromatic carbocycles. The van der Waals surface area contributed by atoms with E-state index in [0.717, 1.165) is 31.5 Å². The largest absolute Gasteiger partial charge is 0.352 e.